The van der Waals surface area contributed by atoms with Crippen LogP contribution in [0.25, 0.3) is 5.70 Å². The van der Waals surface area contributed by atoms with Crippen LogP contribution in [-0.2, 0) is 11.2 Å². The lowest BCUT2D eigenvalue weighted by atomic mass is 10.0. The largest absolute Gasteiger partial charge is 0.250 e. The van der Waals surface area contributed by atoms with Gasteiger partial charge in [-0.2, -0.15) is 4.40 Å². The van der Waals surface area contributed by atoms with E-state index in [0.29, 0.717) is 0 Å². The van der Waals surface area contributed by atoms with Crippen LogP contribution in [0, 0.1) is 13.8 Å². The second-order valence-corrected chi connectivity index (χ2v) is 7.61. The van der Waals surface area contributed by atoms with Crippen LogP contribution in [0.15, 0.2) is 89.3 Å². The Morgan fingerprint density at radius 2 is 1.33 bits per heavy atom. The van der Waals surface area contributed by atoms with Gasteiger partial charge in [0.25, 0.3) is 11.2 Å². The monoisotopic (exact) mass is 372 g/mol. The lowest BCUT2D eigenvalue weighted by Crippen LogP contribution is -2.27. The predicted octanol–water partition coefficient (Wildman–Crippen LogP) is 5.23. The first kappa shape index (κ1) is 17.4. The summed E-state index contributed by atoms with van der Waals surface area (Å²) in [4.78, 5) is 0. The maximum absolute atomic E-state index is 13.1. The summed E-state index contributed by atoms with van der Waals surface area (Å²) in [6.45, 7) is 4.09. The third kappa shape index (κ3) is 3.62. The minimum Gasteiger partial charge on any atom is -0.240 e. The fourth-order valence-electron chi connectivity index (χ4n) is 3.00. The highest BCUT2D eigenvalue weighted by atomic mass is 32.2. The molecule has 0 fully saturated rings. The van der Waals surface area contributed by atoms with Crippen LogP contribution in [0.3, 0.4) is 0 Å². The molecule has 4 heteroatoms. The van der Waals surface area contributed by atoms with E-state index in [1.807, 2.05) is 91.9 Å². The minimum absolute atomic E-state index is 0.732. The molecule has 0 N–H and O–H groups in total. The molecule has 1 unspecified atom stereocenters. The Morgan fingerprint density at radius 3 is 1.96 bits per heavy atom. The van der Waals surface area contributed by atoms with E-state index in [0.717, 1.165) is 33.8 Å². The van der Waals surface area contributed by atoms with Crippen LogP contribution in [0.4, 0.5) is 5.69 Å². The molecule has 0 spiro atoms. The molecule has 1 aliphatic heterocycles. The van der Waals surface area contributed by atoms with Crippen molar-refractivity contribution in [2.45, 2.75) is 13.8 Å². The first-order chi connectivity index (χ1) is 13.1. The van der Waals surface area contributed by atoms with Crippen molar-refractivity contribution in [1.82, 2.24) is 0 Å². The van der Waals surface area contributed by atoms with Crippen LogP contribution in [0.5, 0.6) is 0 Å². The molecule has 3 aromatic carbocycles. The fraction of sp³-hybridized carbons (Fsp3) is 0.0870. The van der Waals surface area contributed by atoms with Crippen molar-refractivity contribution in [3.8, 4) is 0 Å². The van der Waals surface area contributed by atoms with Gasteiger partial charge in [0.1, 0.15) is 0 Å². The number of aryl methyl sites for hydroxylation is 2. The summed E-state index contributed by atoms with van der Waals surface area (Å²) in [5.74, 6) is 0. The average Bonchev–Trinajstić information content (AvgIpc) is 2.69. The molecule has 0 saturated heterocycles. The highest BCUT2D eigenvalue weighted by Gasteiger charge is 2.25. The Hall–Kier alpha value is -2.98. The Balaban J connectivity index is 1.84. The number of nitrogens with zero attached hydrogens (tertiary/aromatic N) is 2. The summed E-state index contributed by atoms with van der Waals surface area (Å²) < 4.78 is 19.4. The van der Waals surface area contributed by atoms with Crippen molar-refractivity contribution >= 4 is 28.3 Å². The van der Waals surface area contributed by atoms with E-state index in [1.165, 1.54) is 5.56 Å². The Bertz CT molecular complexity index is 1040. The molecular formula is C23H20N2OS. The van der Waals surface area contributed by atoms with Crippen LogP contribution in [0.1, 0.15) is 22.3 Å². The van der Waals surface area contributed by atoms with E-state index >= 15 is 0 Å². The topological polar surface area (TPSA) is 32.7 Å². The molecule has 27 heavy (non-hydrogen) atoms. The molecule has 3 nitrogen and oxygen atoms in total. The third-order valence-electron chi connectivity index (χ3n) is 4.51. The van der Waals surface area contributed by atoms with Gasteiger partial charge in [-0.3, -0.25) is 0 Å². The molecule has 0 amide bonds. The van der Waals surface area contributed by atoms with Crippen molar-refractivity contribution in [2.75, 3.05) is 4.31 Å². The zero-order valence-corrected chi connectivity index (χ0v) is 16.1. The van der Waals surface area contributed by atoms with Crippen LogP contribution in [-0.4, -0.2) is 9.92 Å². The lowest BCUT2D eigenvalue weighted by molar-refractivity contribution is 0.684. The van der Waals surface area contributed by atoms with Crippen molar-refractivity contribution in [3.63, 3.8) is 0 Å². The molecule has 0 radical (unpaired) electrons. The summed E-state index contributed by atoms with van der Waals surface area (Å²) in [5, 5.41) is 0. The van der Waals surface area contributed by atoms with E-state index in [1.54, 1.807) is 4.31 Å². The van der Waals surface area contributed by atoms with Crippen molar-refractivity contribution in [3.05, 3.63) is 107 Å². The number of hydrogen-bond acceptors (Lipinski definition) is 1. The van der Waals surface area contributed by atoms with E-state index in [4.69, 9.17) is 0 Å². The molecule has 0 bridgehead atoms. The second kappa shape index (κ2) is 7.33. The summed E-state index contributed by atoms with van der Waals surface area (Å²) in [6, 6.07) is 26.2. The molecule has 0 saturated carbocycles. The molecule has 4 rings (SSSR count). The van der Waals surface area contributed by atoms with E-state index < -0.39 is 11.2 Å². The Morgan fingerprint density at radius 1 is 0.741 bits per heavy atom. The van der Waals surface area contributed by atoms with Gasteiger partial charge in [0.15, 0.2) is 0 Å². The van der Waals surface area contributed by atoms with Gasteiger partial charge in [-0.1, -0.05) is 77.9 Å². The number of allylic oxidation sites excluding steroid dienone is 1. The molecule has 0 aromatic heterocycles. The van der Waals surface area contributed by atoms with Gasteiger partial charge in [0, 0.05) is 5.56 Å². The van der Waals surface area contributed by atoms with Crippen LogP contribution < -0.4 is 4.31 Å². The second-order valence-electron chi connectivity index (χ2n) is 6.60. The standard InChI is InChI=1S/C23H20N2OS/c1-17-8-12-19(13-9-17)22-16-23(20-6-4-3-5-7-20)25(27(26)24-22)21-14-10-18(2)11-15-21/h3-16H,1-2H3. The molecule has 1 atom stereocenters. The van der Waals surface area contributed by atoms with E-state index in [-0.39, 0.29) is 0 Å². The molecule has 1 heterocycles. The van der Waals surface area contributed by atoms with Gasteiger partial charge in [-0.05, 0) is 37.6 Å². The maximum atomic E-state index is 13.1. The molecule has 0 aliphatic carbocycles. The fourth-order valence-corrected chi connectivity index (χ4v) is 4.04. The Labute approximate surface area is 162 Å². The SMILES string of the molecule is Cc1ccc(C2=NS(=O)N(c3ccc(C)cc3)C(c3ccccc3)=C2)cc1. The lowest BCUT2D eigenvalue weighted by Gasteiger charge is -2.28. The number of rotatable bonds is 3. The van der Waals surface area contributed by atoms with Gasteiger partial charge in [0.2, 0.25) is 0 Å². The van der Waals surface area contributed by atoms with Gasteiger partial charge < -0.3 is 0 Å². The van der Waals surface area contributed by atoms with Gasteiger partial charge in [0.05, 0.1) is 17.1 Å². The summed E-state index contributed by atoms with van der Waals surface area (Å²) in [6.07, 6.45) is 2.02. The molecule has 3 aromatic rings. The number of hydrogen-bond donors (Lipinski definition) is 0. The normalized spacial score (nSPS) is 16.7. The number of benzene rings is 3. The van der Waals surface area contributed by atoms with E-state index in [2.05, 4.69) is 11.3 Å². The van der Waals surface area contributed by atoms with Crippen LogP contribution >= 0.6 is 0 Å². The predicted molar refractivity (Wildman–Crippen MR) is 114 cm³/mol. The van der Waals surface area contributed by atoms with Crippen molar-refractivity contribution in [2.24, 2.45) is 4.40 Å². The Kier molecular flexibility index (Phi) is 4.73. The first-order valence-corrected chi connectivity index (χ1v) is 9.90. The van der Waals surface area contributed by atoms with Crippen molar-refractivity contribution < 1.29 is 4.21 Å². The highest BCUT2D eigenvalue weighted by Crippen LogP contribution is 2.32. The molecular weight excluding hydrogens is 352 g/mol. The first-order valence-electron chi connectivity index (χ1n) is 8.83. The summed E-state index contributed by atoms with van der Waals surface area (Å²) in [5.41, 5.74) is 6.79. The molecule has 1 aliphatic rings. The minimum atomic E-state index is -1.55. The zero-order chi connectivity index (χ0) is 18.8. The third-order valence-corrected chi connectivity index (χ3v) is 5.58. The van der Waals surface area contributed by atoms with Gasteiger partial charge >= 0.3 is 0 Å². The number of anilines is 1. The quantitative estimate of drug-likeness (QED) is 0.619. The van der Waals surface area contributed by atoms with E-state index in [9.17, 15) is 4.21 Å². The summed E-state index contributed by atoms with van der Waals surface area (Å²) in [7, 11) is 0. The molecule has 134 valence electrons. The van der Waals surface area contributed by atoms with Crippen LogP contribution in [0.2, 0.25) is 0 Å². The maximum Gasteiger partial charge on any atom is 0.250 e. The van der Waals surface area contributed by atoms with Crippen molar-refractivity contribution in [1.29, 1.82) is 0 Å². The smallest absolute Gasteiger partial charge is 0.240 e. The van der Waals surface area contributed by atoms with Gasteiger partial charge in [-0.15, -0.1) is 0 Å². The highest BCUT2D eigenvalue weighted by molar-refractivity contribution is 7.86. The summed E-state index contributed by atoms with van der Waals surface area (Å²) >= 11 is -1.55. The average molecular weight is 372 g/mol. The zero-order valence-electron chi connectivity index (χ0n) is 15.3. The van der Waals surface area contributed by atoms with Gasteiger partial charge in [-0.25, -0.2) is 8.51 Å².